The smallest absolute Gasteiger partial charge is 0.120 e. The SMILES string of the molecule is COc1ccc(COc2cccc(/C=C/C3=NCCN(C)c4ccccc43)c2)cc1.Cl. The van der Waals surface area contributed by atoms with E-state index in [1.165, 1.54) is 11.3 Å². The number of benzodiazepines with no additional fused rings is 1. The first kappa shape index (κ1) is 22.4. The van der Waals surface area contributed by atoms with Crippen molar-refractivity contribution < 1.29 is 9.47 Å². The van der Waals surface area contributed by atoms with Crippen molar-refractivity contribution in [3.63, 3.8) is 0 Å². The van der Waals surface area contributed by atoms with Gasteiger partial charge in [0.05, 0.1) is 19.4 Å². The van der Waals surface area contributed by atoms with Crippen molar-refractivity contribution in [3.05, 3.63) is 95.6 Å². The Hall–Kier alpha value is -3.24. The lowest BCUT2D eigenvalue weighted by molar-refractivity contribution is 0.306. The van der Waals surface area contributed by atoms with Gasteiger partial charge in [-0.3, -0.25) is 4.99 Å². The van der Waals surface area contributed by atoms with E-state index in [9.17, 15) is 0 Å². The predicted molar refractivity (Wildman–Crippen MR) is 131 cm³/mol. The zero-order valence-corrected chi connectivity index (χ0v) is 18.6. The number of allylic oxidation sites excluding steroid dienone is 1. The summed E-state index contributed by atoms with van der Waals surface area (Å²) < 4.78 is 11.2. The Morgan fingerprint density at radius 1 is 0.935 bits per heavy atom. The minimum absolute atomic E-state index is 0. The van der Waals surface area contributed by atoms with Gasteiger partial charge in [-0.05, 0) is 47.5 Å². The maximum atomic E-state index is 5.98. The number of anilines is 1. The number of likely N-dealkylation sites (N-methyl/N-ethyl adjacent to an activating group) is 1. The maximum Gasteiger partial charge on any atom is 0.120 e. The van der Waals surface area contributed by atoms with E-state index in [0.29, 0.717) is 6.61 Å². The lowest BCUT2D eigenvalue weighted by Crippen LogP contribution is -2.20. The van der Waals surface area contributed by atoms with Crippen LogP contribution in [0.5, 0.6) is 11.5 Å². The summed E-state index contributed by atoms with van der Waals surface area (Å²) in [6.45, 7) is 2.22. The van der Waals surface area contributed by atoms with Crippen molar-refractivity contribution >= 4 is 29.9 Å². The number of benzene rings is 3. The van der Waals surface area contributed by atoms with Gasteiger partial charge in [0.25, 0.3) is 0 Å². The number of ether oxygens (including phenoxy) is 2. The number of para-hydroxylation sites is 1. The molecule has 3 aromatic rings. The van der Waals surface area contributed by atoms with Crippen LogP contribution in [0.15, 0.2) is 83.9 Å². The molecule has 5 heteroatoms. The summed E-state index contributed by atoms with van der Waals surface area (Å²) in [5, 5.41) is 0. The van der Waals surface area contributed by atoms with Gasteiger partial charge in [0.1, 0.15) is 18.1 Å². The van der Waals surface area contributed by atoms with Gasteiger partial charge in [-0.15, -0.1) is 12.4 Å². The highest BCUT2D eigenvalue weighted by molar-refractivity contribution is 6.14. The van der Waals surface area contributed by atoms with Crippen molar-refractivity contribution in [2.24, 2.45) is 4.99 Å². The molecule has 0 aliphatic carbocycles. The fourth-order valence-corrected chi connectivity index (χ4v) is 3.46. The van der Waals surface area contributed by atoms with Crippen LogP contribution in [0.4, 0.5) is 5.69 Å². The molecule has 0 saturated carbocycles. The van der Waals surface area contributed by atoms with E-state index in [0.717, 1.165) is 41.4 Å². The Bertz CT molecular complexity index is 1060. The average Bonchev–Trinajstić information content (AvgIpc) is 2.96. The first-order valence-corrected chi connectivity index (χ1v) is 10.1. The van der Waals surface area contributed by atoms with E-state index < -0.39 is 0 Å². The largest absolute Gasteiger partial charge is 0.497 e. The van der Waals surface area contributed by atoms with E-state index >= 15 is 0 Å². The number of halogens is 1. The Kier molecular flexibility index (Phi) is 7.74. The molecule has 0 aromatic heterocycles. The molecule has 0 amide bonds. The zero-order valence-electron chi connectivity index (χ0n) is 17.8. The van der Waals surface area contributed by atoms with E-state index in [2.05, 4.69) is 60.5 Å². The van der Waals surface area contributed by atoms with Gasteiger partial charge >= 0.3 is 0 Å². The van der Waals surface area contributed by atoms with Crippen molar-refractivity contribution in [3.8, 4) is 11.5 Å². The molecule has 1 heterocycles. The fourth-order valence-electron chi connectivity index (χ4n) is 3.46. The van der Waals surface area contributed by atoms with Crippen LogP contribution in [0.2, 0.25) is 0 Å². The molecule has 4 rings (SSSR count). The number of hydrogen-bond acceptors (Lipinski definition) is 4. The minimum atomic E-state index is 0. The third kappa shape index (κ3) is 5.68. The molecular weight excluding hydrogens is 408 g/mol. The summed E-state index contributed by atoms with van der Waals surface area (Å²) in [7, 11) is 3.78. The molecule has 160 valence electrons. The van der Waals surface area contributed by atoms with E-state index in [1.807, 2.05) is 36.4 Å². The molecule has 0 saturated heterocycles. The van der Waals surface area contributed by atoms with Gasteiger partial charge in [0.2, 0.25) is 0 Å². The molecule has 0 bridgehead atoms. The third-order valence-electron chi connectivity index (χ3n) is 5.17. The second kappa shape index (κ2) is 10.7. The maximum absolute atomic E-state index is 5.98. The number of methoxy groups -OCH3 is 1. The first-order chi connectivity index (χ1) is 14.7. The fraction of sp³-hybridized carbons (Fsp3) is 0.192. The summed E-state index contributed by atoms with van der Waals surface area (Å²) in [5.41, 5.74) is 5.58. The van der Waals surface area contributed by atoms with Gasteiger partial charge in [0.15, 0.2) is 0 Å². The van der Waals surface area contributed by atoms with Crippen LogP contribution in [0.3, 0.4) is 0 Å². The highest BCUT2D eigenvalue weighted by Crippen LogP contribution is 2.23. The predicted octanol–water partition coefficient (Wildman–Crippen LogP) is 5.65. The summed E-state index contributed by atoms with van der Waals surface area (Å²) in [6.07, 6.45) is 4.20. The molecular formula is C26H27ClN2O2. The molecule has 0 radical (unpaired) electrons. The monoisotopic (exact) mass is 434 g/mol. The number of aliphatic imine (C=N–C) groups is 1. The van der Waals surface area contributed by atoms with Gasteiger partial charge in [-0.25, -0.2) is 0 Å². The first-order valence-electron chi connectivity index (χ1n) is 10.1. The molecule has 0 spiro atoms. The molecule has 4 nitrogen and oxygen atoms in total. The Morgan fingerprint density at radius 2 is 1.74 bits per heavy atom. The highest BCUT2D eigenvalue weighted by Gasteiger charge is 2.13. The molecule has 0 atom stereocenters. The summed E-state index contributed by atoms with van der Waals surface area (Å²) in [5.74, 6) is 1.69. The Balaban J connectivity index is 0.00000272. The number of rotatable bonds is 6. The van der Waals surface area contributed by atoms with Crippen LogP contribution in [0.25, 0.3) is 6.08 Å². The van der Waals surface area contributed by atoms with E-state index in [1.54, 1.807) is 7.11 Å². The Morgan fingerprint density at radius 3 is 2.55 bits per heavy atom. The molecule has 0 fully saturated rings. The molecule has 0 N–H and O–H groups in total. The lowest BCUT2D eigenvalue weighted by atomic mass is 10.1. The summed E-state index contributed by atoms with van der Waals surface area (Å²) in [6, 6.07) is 24.5. The second-order valence-electron chi connectivity index (χ2n) is 7.25. The van der Waals surface area contributed by atoms with Gasteiger partial charge in [-0.2, -0.15) is 0 Å². The Labute approximate surface area is 190 Å². The van der Waals surface area contributed by atoms with Gasteiger partial charge < -0.3 is 14.4 Å². The number of fused-ring (bicyclic) bond motifs is 1. The quantitative estimate of drug-likeness (QED) is 0.502. The zero-order chi connectivity index (χ0) is 20.8. The van der Waals surface area contributed by atoms with Crippen molar-refractivity contribution in [1.82, 2.24) is 0 Å². The minimum Gasteiger partial charge on any atom is -0.497 e. The standard InChI is InChI=1S/C26H26N2O2.ClH/c1-28-17-16-27-25(24-8-3-4-9-26(24)28)15-12-20-6-5-7-23(18-20)30-19-21-10-13-22(29-2)14-11-21;/h3-15,18H,16-17,19H2,1-2H3;1H/b15-12+;. The lowest BCUT2D eigenvalue weighted by Gasteiger charge is -2.18. The van der Waals surface area contributed by atoms with Gasteiger partial charge in [-0.1, -0.05) is 48.5 Å². The van der Waals surface area contributed by atoms with Crippen LogP contribution < -0.4 is 14.4 Å². The van der Waals surface area contributed by atoms with Crippen LogP contribution in [-0.4, -0.2) is 33.0 Å². The van der Waals surface area contributed by atoms with Crippen molar-refractivity contribution in [2.75, 3.05) is 32.1 Å². The van der Waals surface area contributed by atoms with Gasteiger partial charge in [0, 0.05) is 24.8 Å². The summed E-state index contributed by atoms with van der Waals surface area (Å²) in [4.78, 5) is 7.05. The second-order valence-corrected chi connectivity index (χ2v) is 7.25. The average molecular weight is 435 g/mol. The van der Waals surface area contributed by atoms with E-state index in [-0.39, 0.29) is 12.4 Å². The third-order valence-corrected chi connectivity index (χ3v) is 5.17. The van der Waals surface area contributed by atoms with E-state index in [4.69, 9.17) is 14.5 Å². The topological polar surface area (TPSA) is 34.1 Å². The van der Waals surface area contributed by atoms with Crippen molar-refractivity contribution in [1.29, 1.82) is 0 Å². The molecule has 1 aliphatic rings. The molecule has 1 aliphatic heterocycles. The summed E-state index contributed by atoms with van der Waals surface area (Å²) >= 11 is 0. The normalized spacial score (nSPS) is 13.1. The number of nitrogens with zero attached hydrogens (tertiary/aromatic N) is 2. The van der Waals surface area contributed by atoms with Crippen LogP contribution in [0.1, 0.15) is 16.7 Å². The highest BCUT2D eigenvalue weighted by atomic mass is 35.5. The van der Waals surface area contributed by atoms with Crippen molar-refractivity contribution in [2.45, 2.75) is 6.61 Å². The van der Waals surface area contributed by atoms with Crippen LogP contribution in [0, 0.1) is 0 Å². The van der Waals surface area contributed by atoms with Crippen LogP contribution >= 0.6 is 12.4 Å². The molecule has 3 aromatic carbocycles. The van der Waals surface area contributed by atoms with Crippen LogP contribution in [-0.2, 0) is 6.61 Å². The number of hydrogen-bond donors (Lipinski definition) is 0. The molecule has 0 unspecified atom stereocenters. The molecule has 31 heavy (non-hydrogen) atoms.